The molecule has 3 aromatic rings. The van der Waals surface area contributed by atoms with Gasteiger partial charge < -0.3 is 9.72 Å². The van der Waals surface area contributed by atoms with Crippen LogP contribution in [0.25, 0.3) is 5.65 Å². The summed E-state index contributed by atoms with van der Waals surface area (Å²) in [6.45, 7) is 0. The average Bonchev–Trinajstić information content (AvgIpc) is 2.80. The molecule has 0 atom stereocenters. The molecule has 0 unspecified atom stereocenters. The Morgan fingerprint density at radius 1 is 1.25 bits per heavy atom. The maximum atomic E-state index is 13.6. The van der Waals surface area contributed by atoms with Crippen molar-refractivity contribution in [3.8, 4) is 0 Å². The van der Waals surface area contributed by atoms with E-state index in [2.05, 4.69) is 10.3 Å². The minimum absolute atomic E-state index is 0.0614. The number of fused-ring (bicyclic) bond motifs is 1. The van der Waals surface area contributed by atoms with Gasteiger partial charge in [-0.2, -0.15) is 0 Å². The van der Waals surface area contributed by atoms with Crippen LogP contribution in [-0.2, 0) is 0 Å². The third kappa shape index (κ3) is 2.23. The van der Waals surface area contributed by atoms with E-state index in [9.17, 15) is 9.18 Å². The van der Waals surface area contributed by atoms with Crippen LogP contribution in [0.4, 0.5) is 10.2 Å². The summed E-state index contributed by atoms with van der Waals surface area (Å²) in [6.07, 6.45) is 3.44. The number of pyridine rings is 1. The first kappa shape index (κ1) is 12.6. The van der Waals surface area contributed by atoms with Crippen molar-refractivity contribution in [1.82, 2.24) is 9.38 Å². The van der Waals surface area contributed by atoms with E-state index in [-0.39, 0.29) is 10.6 Å². The fraction of sp³-hybridized carbons (Fsp3) is 0. The van der Waals surface area contributed by atoms with Crippen molar-refractivity contribution in [3.05, 3.63) is 65.2 Å². The van der Waals surface area contributed by atoms with E-state index in [4.69, 9.17) is 11.6 Å². The summed E-state index contributed by atoms with van der Waals surface area (Å²) in [5.74, 6) is -0.962. The molecule has 1 aromatic carbocycles. The lowest BCUT2D eigenvalue weighted by atomic mass is 10.2. The van der Waals surface area contributed by atoms with Crippen LogP contribution in [0.15, 0.2) is 48.8 Å². The summed E-state index contributed by atoms with van der Waals surface area (Å²) >= 11 is 5.84. The Bertz CT molecular complexity index is 747. The number of aromatic nitrogens is 2. The Balaban J connectivity index is 1.92. The molecule has 0 aliphatic rings. The Labute approximate surface area is 118 Å². The van der Waals surface area contributed by atoms with Crippen LogP contribution in [0.5, 0.6) is 0 Å². The number of halogens is 2. The van der Waals surface area contributed by atoms with Gasteiger partial charge in [-0.15, -0.1) is 0 Å². The average molecular weight is 290 g/mol. The van der Waals surface area contributed by atoms with E-state index in [0.717, 1.165) is 0 Å². The summed E-state index contributed by atoms with van der Waals surface area (Å²) in [5.41, 5.74) is 0.494. The molecule has 0 fully saturated rings. The molecule has 2 heterocycles. The number of imidazole rings is 1. The fourth-order valence-corrected chi connectivity index (χ4v) is 2.14. The topological polar surface area (TPSA) is 46.4 Å². The summed E-state index contributed by atoms with van der Waals surface area (Å²) in [4.78, 5) is 16.3. The van der Waals surface area contributed by atoms with Crippen molar-refractivity contribution in [2.45, 2.75) is 0 Å². The zero-order valence-corrected chi connectivity index (χ0v) is 10.9. The van der Waals surface area contributed by atoms with Gasteiger partial charge in [0.2, 0.25) is 0 Å². The molecule has 0 bridgehead atoms. The molecule has 20 heavy (non-hydrogen) atoms. The van der Waals surface area contributed by atoms with Crippen LogP contribution in [0.3, 0.4) is 0 Å². The molecular formula is C14H9ClFN3O. The number of rotatable bonds is 2. The number of carbonyl (C=O) groups excluding carboxylic acids is 1. The highest BCUT2D eigenvalue weighted by atomic mass is 35.5. The van der Waals surface area contributed by atoms with Crippen molar-refractivity contribution in [2.75, 3.05) is 5.32 Å². The number of amides is 1. The van der Waals surface area contributed by atoms with E-state index >= 15 is 0 Å². The third-order valence-corrected chi connectivity index (χ3v) is 3.11. The number of hydrogen-bond donors (Lipinski definition) is 1. The maximum Gasteiger partial charge on any atom is 0.261 e. The first-order valence-electron chi connectivity index (χ1n) is 5.84. The minimum Gasteiger partial charge on any atom is -0.305 e. The van der Waals surface area contributed by atoms with Gasteiger partial charge in [0.1, 0.15) is 11.5 Å². The molecule has 4 nitrogen and oxygen atoms in total. The first-order chi connectivity index (χ1) is 9.65. The molecule has 0 saturated heterocycles. The summed E-state index contributed by atoms with van der Waals surface area (Å²) < 4.78 is 15.4. The molecular weight excluding hydrogens is 281 g/mol. The van der Waals surface area contributed by atoms with Gasteiger partial charge in [0.25, 0.3) is 5.91 Å². The second-order valence-electron chi connectivity index (χ2n) is 4.14. The molecule has 2 aromatic heterocycles. The smallest absolute Gasteiger partial charge is 0.261 e. The van der Waals surface area contributed by atoms with Gasteiger partial charge in [0, 0.05) is 6.20 Å². The third-order valence-electron chi connectivity index (χ3n) is 2.80. The van der Waals surface area contributed by atoms with Crippen LogP contribution >= 0.6 is 11.6 Å². The van der Waals surface area contributed by atoms with Crippen LogP contribution < -0.4 is 5.32 Å². The molecule has 6 heteroatoms. The van der Waals surface area contributed by atoms with E-state index in [0.29, 0.717) is 11.5 Å². The number of anilines is 1. The molecule has 3 rings (SSSR count). The lowest BCUT2D eigenvalue weighted by Gasteiger charge is -2.04. The molecule has 0 spiro atoms. The predicted octanol–water partition coefficient (Wildman–Crippen LogP) is 3.38. The normalized spacial score (nSPS) is 10.7. The van der Waals surface area contributed by atoms with E-state index in [1.165, 1.54) is 18.2 Å². The second-order valence-corrected chi connectivity index (χ2v) is 4.55. The summed E-state index contributed by atoms with van der Waals surface area (Å²) in [7, 11) is 0. The second kappa shape index (κ2) is 4.94. The highest BCUT2D eigenvalue weighted by Gasteiger charge is 2.16. The summed E-state index contributed by atoms with van der Waals surface area (Å²) in [6, 6.07) is 9.56. The number of benzene rings is 1. The lowest BCUT2D eigenvalue weighted by Crippen LogP contribution is -2.14. The largest absolute Gasteiger partial charge is 0.305 e. The van der Waals surface area contributed by atoms with Crippen molar-refractivity contribution in [3.63, 3.8) is 0 Å². The van der Waals surface area contributed by atoms with E-state index in [1.807, 2.05) is 12.1 Å². The van der Waals surface area contributed by atoms with Crippen LogP contribution in [0.2, 0.25) is 5.02 Å². The quantitative estimate of drug-likeness (QED) is 0.786. The molecule has 1 N–H and O–H groups in total. The van der Waals surface area contributed by atoms with Crippen molar-refractivity contribution >= 4 is 29.0 Å². The van der Waals surface area contributed by atoms with Gasteiger partial charge in [-0.1, -0.05) is 23.7 Å². The van der Waals surface area contributed by atoms with Gasteiger partial charge in [-0.3, -0.25) is 4.79 Å². The molecule has 0 aliphatic carbocycles. The molecule has 100 valence electrons. The van der Waals surface area contributed by atoms with Gasteiger partial charge in [-0.05, 0) is 24.3 Å². The van der Waals surface area contributed by atoms with Crippen LogP contribution in [-0.4, -0.2) is 15.3 Å². The molecule has 0 radical (unpaired) electrons. The fourth-order valence-electron chi connectivity index (χ4n) is 1.89. The van der Waals surface area contributed by atoms with Crippen LogP contribution in [0, 0.1) is 5.82 Å². The molecule has 1 amide bonds. The van der Waals surface area contributed by atoms with Crippen molar-refractivity contribution in [2.24, 2.45) is 0 Å². The van der Waals surface area contributed by atoms with E-state index in [1.54, 1.807) is 22.9 Å². The Hall–Kier alpha value is -2.40. The number of nitrogens with zero attached hydrogens (tertiary/aromatic N) is 2. The summed E-state index contributed by atoms with van der Waals surface area (Å²) in [5, 5.41) is 2.60. The number of nitrogens with one attached hydrogen (secondary N) is 1. The zero-order valence-electron chi connectivity index (χ0n) is 10.2. The zero-order chi connectivity index (χ0) is 14.1. The highest BCUT2D eigenvalue weighted by Crippen LogP contribution is 2.20. The number of hydrogen-bond acceptors (Lipinski definition) is 2. The Morgan fingerprint density at radius 3 is 2.85 bits per heavy atom. The van der Waals surface area contributed by atoms with Gasteiger partial charge in [-0.25, -0.2) is 9.37 Å². The molecule has 0 saturated carbocycles. The Kier molecular flexibility index (Phi) is 3.12. The van der Waals surface area contributed by atoms with Gasteiger partial charge in [0.05, 0.1) is 16.8 Å². The highest BCUT2D eigenvalue weighted by molar-refractivity contribution is 6.34. The van der Waals surface area contributed by atoms with Gasteiger partial charge >= 0.3 is 0 Å². The molecule has 0 aliphatic heterocycles. The standard InChI is InChI=1S/C14H9ClFN3O/c15-9-4-3-5-10(16)13(9)14(20)18-11-8-19-7-2-1-6-12(19)17-11/h1-8H,(H,18,20). The monoisotopic (exact) mass is 289 g/mol. The predicted molar refractivity (Wildman–Crippen MR) is 74.6 cm³/mol. The number of carbonyl (C=O) groups is 1. The SMILES string of the molecule is O=C(Nc1cn2ccccc2n1)c1c(F)cccc1Cl. The maximum absolute atomic E-state index is 13.6. The van der Waals surface area contributed by atoms with Gasteiger partial charge in [0.15, 0.2) is 5.82 Å². The minimum atomic E-state index is -0.668. The Morgan fingerprint density at radius 2 is 2.10 bits per heavy atom. The van der Waals surface area contributed by atoms with Crippen LogP contribution in [0.1, 0.15) is 10.4 Å². The first-order valence-corrected chi connectivity index (χ1v) is 6.22. The lowest BCUT2D eigenvalue weighted by molar-refractivity contribution is 0.102. The van der Waals surface area contributed by atoms with Crippen molar-refractivity contribution in [1.29, 1.82) is 0 Å². The van der Waals surface area contributed by atoms with E-state index < -0.39 is 11.7 Å². The van der Waals surface area contributed by atoms with Crippen molar-refractivity contribution < 1.29 is 9.18 Å².